The van der Waals surface area contributed by atoms with Gasteiger partial charge in [-0.15, -0.1) is 0 Å². The summed E-state index contributed by atoms with van der Waals surface area (Å²) in [5, 5.41) is 2.68. The van der Waals surface area contributed by atoms with E-state index in [1.54, 1.807) is 12.1 Å². The minimum absolute atomic E-state index is 0.156. The fourth-order valence-electron chi connectivity index (χ4n) is 3.13. The Morgan fingerprint density at radius 1 is 1.27 bits per heavy atom. The van der Waals surface area contributed by atoms with E-state index in [1.807, 2.05) is 6.07 Å². The molecule has 136 valence electrons. The van der Waals surface area contributed by atoms with E-state index in [0.29, 0.717) is 30.9 Å². The molecule has 0 bridgehead atoms. The van der Waals surface area contributed by atoms with Crippen LogP contribution in [0.25, 0.3) is 0 Å². The van der Waals surface area contributed by atoms with Crippen molar-refractivity contribution in [1.29, 1.82) is 0 Å². The summed E-state index contributed by atoms with van der Waals surface area (Å²) < 4.78 is 27.4. The van der Waals surface area contributed by atoms with Crippen LogP contribution in [0.5, 0.6) is 0 Å². The maximum Gasteiger partial charge on any atom is 0.257 e. The third-order valence-corrected chi connectivity index (χ3v) is 4.36. The molecule has 0 aliphatic carbocycles. The summed E-state index contributed by atoms with van der Waals surface area (Å²) in [6.45, 7) is 2.17. The van der Waals surface area contributed by atoms with Crippen molar-refractivity contribution in [3.8, 4) is 0 Å². The first-order valence-corrected chi connectivity index (χ1v) is 8.42. The monoisotopic (exact) mass is 359 g/mol. The van der Waals surface area contributed by atoms with Crippen LogP contribution in [0.3, 0.4) is 0 Å². The molecule has 3 rings (SSSR count). The number of halogens is 2. The van der Waals surface area contributed by atoms with E-state index in [0.717, 1.165) is 24.6 Å². The number of hydrogen-bond acceptors (Lipinski definition) is 3. The van der Waals surface area contributed by atoms with Crippen LogP contribution in [0, 0.1) is 11.6 Å². The van der Waals surface area contributed by atoms with Gasteiger partial charge in [-0.2, -0.15) is 0 Å². The number of nitrogens with one attached hydrogen (secondary N) is 1. The van der Waals surface area contributed by atoms with E-state index >= 15 is 0 Å². The van der Waals surface area contributed by atoms with Gasteiger partial charge in [0.05, 0.1) is 29.5 Å². The molecule has 5 nitrogen and oxygen atoms in total. The zero-order valence-electron chi connectivity index (χ0n) is 14.3. The first kappa shape index (κ1) is 18.0. The molecule has 1 aliphatic heterocycles. The number of likely N-dealkylation sites (tertiary alicyclic amines) is 1. The highest BCUT2D eigenvalue weighted by Crippen LogP contribution is 2.32. The zero-order valence-corrected chi connectivity index (χ0v) is 14.3. The first-order valence-electron chi connectivity index (χ1n) is 8.42. The maximum absolute atomic E-state index is 14.0. The smallest absolute Gasteiger partial charge is 0.257 e. The van der Waals surface area contributed by atoms with Crippen LogP contribution in [0.2, 0.25) is 0 Å². The molecule has 1 fully saturated rings. The Hall–Kier alpha value is -2.83. The minimum atomic E-state index is -0.741. The number of carbonyl (C=O) groups is 2. The zero-order chi connectivity index (χ0) is 18.7. The number of aromatic nitrogens is 1. The predicted molar refractivity (Wildman–Crippen MR) is 91.1 cm³/mol. The molecule has 1 aromatic carbocycles. The third kappa shape index (κ3) is 3.87. The number of benzene rings is 1. The summed E-state index contributed by atoms with van der Waals surface area (Å²) >= 11 is 0. The topological polar surface area (TPSA) is 62.3 Å². The van der Waals surface area contributed by atoms with Crippen LogP contribution >= 0.6 is 0 Å². The highest BCUT2D eigenvalue weighted by molar-refractivity contribution is 5.95. The lowest BCUT2D eigenvalue weighted by Crippen LogP contribution is -2.32. The van der Waals surface area contributed by atoms with Gasteiger partial charge in [0.2, 0.25) is 5.91 Å². The van der Waals surface area contributed by atoms with Gasteiger partial charge in [-0.25, -0.2) is 8.78 Å². The Bertz CT molecular complexity index is 841. The predicted octanol–water partition coefficient (Wildman–Crippen LogP) is 2.97. The summed E-state index contributed by atoms with van der Waals surface area (Å²) in [6, 6.07) is 7.96. The molecule has 0 unspecified atom stereocenters. The van der Waals surface area contributed by atoms with Crippen LogP contribution in [0.1, 0.15) is 47.6 Å². The molecule has 1 saturated heterocycles. The third-order valence-electron chi connectivity index (χ3n) is 4.36. The molecule has 1 N–H and O–H groups in total. The molecule has 1 aliphatic rings. The van der Waals surface area contributed by atoms with Gasteiger partial charge in [-0.3, -0.25) is 14.6 Å². The lowest BCUT2D eigenvalue weighted by molar-refractivity contribution is -0.119. The highest BCUT2D eigenvalue weighted by atomic mass is 19.1. The van der Waals surface area contributed by atoms with Crippen molar-refractivity contribution in [2.45, 2.75) is 32.4 Å². The molecule has 1 atom stereocenters. The van der Waals surface area contributed by atoms with Gasteiger partial charge in [0.25, 0.3) is 5.91 Å². The number of rotatable bonds is 4. The second kappa shape index (κ2) is 7.59. The number of pyridine rings is 1. The van der Waals surface area contributed by atoms with Gasteiger partial charge in [0.15, 0.2) is 0 Å². The molecule has 1 aromatic heterocycles. The fourth-order valence-corrected chi connectivity index (χ4v) is 3.13. The molecule has 2 heterocycles. The molecular formula is C19H19F2N3O2. The summed E-state index contributed by atoms with van der Waals surface area (Å²) in [6.07, 6.45) is 1.45. The molecule has 26 heavy (non-hydrogen) atoms. The van der Waals surface area contributed by atoms with Crippen molar-refractivity contribution >= 4 is 11.8 Å². The first-order chi connectivity index (χ1) is 12.5. The number of amides is 2. The van der Waals surface area contributed by atoms with Gasteiger partial charge in [-0.05, 0) is 43.2 Å². The van der Waals surface area contributed by atoms with Gasteiger partial charge < -0.3 is 10.2 Å². The van der Waals surface area contributed by atoms with Crippen molar-refractivity contribution in [1.82, 2.24) is 15.2 Å². The molecule has 0 radical (unpaired) electrons. The lowest BCUT2D eigenvalue weighted by Gasteiger charge is -2.25. The lowest BCUT2D eigenvalue weighted by atomic mass is 10.1. The second-order valence-corrected chi connectivity index (χ2v) is 6.24. The average molecular weight is 359 g/mol. The van der Waals surface area contributed by atoms with Crippen LogP contribution in [0.4, 0.5) is 8.78 Å². The minimum Gasteiger partial charge on any atom is -0.351 e. The number of hydrogen-bond donors (Lipinski definition) is 1. The largest absolute Gasteiger partial charge is 0.351 e. The average Bonchev–Trinajstić information content (AvgIpc) is 3.11. The number of carbonyl (C=O) groups excluding carboxylic acids is 2. The quantitative estimate of drug-likeness (QED) is 0.913. The Labute approximate surface area is 150 Å². The highest BCUT2D eigenvalue weighted by Gasteiger charge is 2.32. The van der Waals surface area contributed by atoms with E-state index in [2.05, 4.69) is 10.3 Å². The normalized spacial score (nSPS) is 16.6. The molecule has 0 spiro atoms. The Kier molecular flexibility index (Phi) is 5.25. The second-order valence-electron chi connectivity index (χ2n) is 6.24. The molecule has 2 aromatic rings. The van der Waals surface area contributed by atoms with E-state index in [4.69, 9.17) is 0 Å². The Balaban J connectivity index is 1.84. The SMILES string of the molecule is CC(=O)NCc1cccc([C@H]2CCCN2C(=O)c2cc(F)ccc2F)n1. The van der Waals surface area contributed by atoms with Crippen molar-refractivity contribution < 1.29 is 18.4 Å². The molecule has 2 amide bonds. The van der Waals surface area contributed by atoms with Crippen LogP contribution in [-0.4, -0.2) is 28.2 Å². The van der Waals surface area contributed by atoms with Gasteiger partial charge in [0, 0.05) is 13.5 Å². The molecular weight excluding hydrogens is 340 g/mol. The van der Waals surface area contributed by atoms with Crippen molar-refractivity contribution in [3.05, 3.63) is 65.0 Å². The molecule has 0 saturated carbocycles. The van der Waals surface area contributed by atoms with E-state index in [1.165, 1.54) is 11.8 Å². The van der Waals surface area contributed by atoms with Crippen LogP contribution in [0.15, 0.2) is 36.4 Å². The maximum atomic E-state index is 14.0. The van der Waals surface area contributed by atoms with Crippen molar-refractivity contribution in [2.75, 3.05) is 6.54 Å². The molecule has 7 heteroatoms. The van der Waals surface area contributed by atoms with Gasteiger partial charge in [-0.1, -0.05) is 6.07 Å². The summed E-state index contributed by atoms with van der Waals surface area (Å²) in [4.78, 5) is 29.8. The van der Waals surface area contributed by atoms with E-state index in [-0.39, 0.29) is 17.5 Å². The fraction of sp³-hybridized carbons (Fsp3) is 0.316. The van der Waals surface area contributed by atoms with Crippen LogP contribution in [-0.2, 0) is 11.3 Å². The van der Waals surface area contributed by atoms with Crippen molar-refractivity contribution in [3.63, 3.8) is 0 Å². The van der Waals surface area contributed by atoms with Gasteiger partial charge >= 0.3 is 0 Å². The van der Waals surface area contributed by atoms with Gasteiger partial charge in [0.1, 0.15) is 11.6 Å². The van der Waals surface area contributed by atoms with Crippen molar-refractivity contribution in [2.24, 2.45) is 0 Å². The van der Waals surface area contributed by atoms with Crippen LogP contribution < -0.4 is 5.32 Å². The Morgan fingerprint density at radius 3 is 2.85 bits per heavy atom. The van der Waals surface area contributed by atoms with E-state index in [9.17, 15) is 18.4 Å². The van der Waals surface area contributed by atoms with E-state index < -0.39 is 17.5 Å². The summed E-state index contributed by atoms with van der Waals surface area (Å²) in [5.41, 5.74) is 1.08. The summed E-state index contributed by atoms with van der Waals surface area (Å²) in [7, 11) is 0. The number of nitrogens with zero attached hydrogens (tertiary/aromatic N) is 2. The standard InChI is InChI=1S/C19H19F2N3O2/c1-12(25)22-11-14-4-2-5-17(23-14)18-6-3-9-24(18)19(26)15-10-13(20)7-8-16(15)21/h2,4-5,7-8,10,18H,3,6,9,11H2,1H3,(H,22,25)/t18-/m1/s1. The Morgan fingerprint density at radius 2 is 2.08 bits per heavy atom. The summed E-state index contributed by atoms with van der Waals surface area (Å²) in [5.74, 6) is -2.09.